The molecule has 0 aliphatic heterocycles. The first-order valence-corrected chi connectivity index (χ1v) is 11.8. The predicted molar refractivity (Wildman–Crippen MR) is 122 cm³/mol. The lowest BCUT2D eigenvalue weighted by molar-refractivity contribution is 0.0389. The summed E-state index contributed by atoms with van der Waals surface area (Å²) in [6.45, 7) is 0. The van der Waals surface area contributed by atoms with E-state index in [4.69, 9.17) is 11.6 Å². The van der Waals surface area contributed by atoms with Crippen molar-refractivity contribution >= 4 is 17.5 Å². The molecule has 2 aliphatic rings. The van der Waals surface area contributed by atoms with Crippen molar-refractivity contribution in [1.82, 2.24) is 10.3 Å². The maximum absolute atomic E-state index is 12.9. The normalized spacial score (nSPS) is 22.9. The summed E-state index contributed by atoms with van der Waals surface area (Å²) in [4.78, 5) is 17.5. The SMILES string of the molecule is O=C(NC1CCCCC1O)c1cnc(CCC2(O)CCCC2)c(-c2ccc(Cl)cc2)c1. The Morgan fingerprint density at radius 1 is 1.13 bits per heavy atom. The van der Waals surface area contributed by atoms with Crippen molar-refractivity contribution in [2.45, 2.75) is 82.0 Å². The molecule has 2 unspecified atom stereocenters. The largest absolute Gasteiger partial charge is 0.391 e. The number of aliphatic hydroxyl groups excluding tert-OH is 1. The number of halogens is 1. The van der Waals surface area contributed by atoms with Crippen molar-refractivity contribution in [3.63, 3.8) is 0 Å². The van der Waals surface area contributed by atoms with Crippen LogP contribution in [0.15, 0.2) is 36.5 Å². The van der Waals surface area contributed by atoms with Crippen molar-refractivity contribution in [3.8, 4) is 11.1 Å². The molecule has 0 bridgehead atoms. The zero-order chi connectivity index (χ0) is 21.8. The second-order valence-corrected chi connectivity index (χ2v) is 9.52. The van der Waals surface area contributed by atoms with E-state index in [1.165, 1.54) is 0 Å². The van der Waals surface area contributed by atoms with Crippen molar-refractivity contribution in [2.75, 3.05) is 0 Å². The summed E-state index contributed by atoms with van der Waals surface area (Å²) in [6, 6.07) is 9.18. The van der Waals surface area contributed by atoms with E-state index in [2.05, 4.69) is 10.3 Å². The Morgan fingerprint density at radius 2 is 1.84 bits per heavy atom. The minimum atomic E-state index is -0.605. The highest BCUT2D eigenvalue weighted by atomic mass is 35.5. The van der Waals surface area contributed by atoms with Crippen LogP contribution in [0.2, 0.25) is 5.02 Å². The summed E-state index contributed by atoms with van der Waals surface area (Å²) in [7, 11) is 0. The zero-order valence-electron chi connectivity index (χ0n) is 17.8. The van der Waals surface area contributed by atoms with Crippen LogP contribution in [0.4, 0.5) is 0 Å². The van der Waals surface area contributed by atoms with Gasteiger partial charge in [0, 0.05) is 22.5 Å². The van der Waals surface area contributed by atoms with Crippen LogP contribution in [0.5, 0.6) is 0 Å². The number of nitrogens with one attached hydrogen (secondary N) is 1. The Labute approximate surface area is 188 Å². The molecule has 0 spiro atoms. The number of carbonyl (C=O) groups is 1. The third kappa shape index (κ3) is 5.46. The Hall–Kier alpha value is -1.95. The number of benzene rings is 1. The van der Waals surface area contributed by atoms with E-state index in [-0.39, 0.29) is 11.9 Å². The van der Waals surface area contributed by atoms with Gasteiger partial charge >= 0.3 is 0 Å². The molecule has 0 radical (unpaired) electrons. The van der Waals surface area contributed by atoms with Crippen LogP contribution in [-0.2, 0) is 6.42 Å². The summed E-state index contributed by atoms with van der Waals surface area (Å²) in [5.41, 5.74) is 2.57. The Balaban J connectivity index is 1.58. The molecule has 2 fully saturated rings. The second-order valence-electron chi connectivity index (χ2n) is 9.09. The number of hydrogen-bond acceptors (Lipinski definition) is 4. The Bertz CT molecular complexity index is 909. The van der Waals surface area contributed by atoms with Crippen LogP contribution in [0.25, 0.3) is 11.1 Å². The van der Waals surface area contributed by atoms with E-state index in [0.29, 0.717) is 23.4 Å². The summed E-state index contributed by atoms with van der Waals surface area (Å²) < 4.78 is 0. The van der Waals surface area contributed by atoms with Crippen molar-refractivity contribution in [2.24, 2.45) is 0 Å². The summed E-state index contributed by atoms with van der Waals surface area (Å²) in [5, 5.41) is 24.6. The maximum atomic E-state index is 12.9. The van der Waals surface area contributed by atoms with Gasteiger partial charge in [-0.3, -0.25) is 9.78 Å². The van der Waals surface area contributed by atoms with Crippen LogP contribution in [0, 0.1) is 0 Å². The zero-order valence-corrected chi connectivity index (χ0v) is 18.6. The van der Waals surface area contributed by atoms with Gasteiger partial charge in [-0.2, -0.15) is 0 Å². The molecule has 3 N–H and O–H groups in total. The first kappa shape index (κ1) is 22.3. The van der Waals surface area contributed by atoms with E-state index in [1.54, 1.807) is 6.20 Å². The molecular formula is C25H31ClN2O3. The molecule has 5 nitrogen and oxygen atoms in total. The van der Waals surface area contributed by atoms with Gasteiger partial charge in [-0.15, -0.1) is 0 Å². The van der Waals surface area contributed by atoms with Gasteiger partial charge in [0.15, 0.2) is 0 Å². The molecule has 31 heavy (non-hydrogen) atoms. The fraction of sp³-hybridized carbons (Fsp3) is 0.520. The number of rotatable bonds is 6. The van der Waals surface area contributed by atoms with Gasteiger partial charge in [-0.1, -0.05) is 49.4 Å². The number of amides is 1. The van der Waals surface area contributed by atoms with Gasteiger partial charge in [0.25, 0.3) is 5.91 Å². The quantitative estimate of drug-likeness (QED) is 0.607. The molecule has 6 heteroatoms. The summed E-state index contributed by atoms with van der Waals surface area (Å²) in [6.07, 6.45) is 9.78. The van der Waals surface area contributed by atoms with Crippen LogP contribution in [0.3, 0.4) is 0 Å². The molecule has 2 aliphatic carbocycles. The van der Waals surface area contributed by atoms with Crippen LogP contribution >= 0.6 is 11.6 Å². The molecule has 4 rings (SSSR count). The molecule has 2 aromatic rings. The average molecular weight is 443 g/mol. The molecular weight excluding hydrogens is 412 g/mol. The highest BCUT2D eigenvalue weighted by Crippen LogP contribution is 2.35. The van der Waals surface area contributed by atoms with Crippen molar-refractivity contribution < 1.29 is 15.0 Å². The van der Waals surface area contributed by atoms with E-state index in [0.717, 1.165) is 68.2 Å². The average Bonchev–Trinajstić information content (AvgIpc) is 3.21. The summed E-state index contributed by atoms with van der Waals surface area (Å²) >= 11 is 6.07. The minimum Gasteiger partial charge on any atom is -0.391 e. The minimum absolute atomic E-state index is 0.212. The van der Waals surface area contributed by atoms with Crippen molar-refractivity contribution in [3.05, 3.63) is 52.8 Å². The molecule has 2 saturated carbocycles. The standard InChI is InChI=1S/C25H31ClN2O3/c26-19-9-7-17(8-10-19)20-15-18(24(30)28-22-5-1-2-6-23(22)29)16-27-21(20)11-14-25(31)12-3-4-13-25/h7-10,15-16,22-23,29,31H,1-6,11-14H2,(H,28,30). The maximum Gasteiger partial charge on any atom is 0.253 e. The predicted octanol–water partition coefficient (Wildman–Crippen LogP) is 4.67. The third-order valence-electron chi connectivity index (χ3n) is 6.80. The van der Waals surface area contributed by atoms with Crippen LogP contribution in [0.1, 0.15) is 73.8 Å². The monoisotopic (exact) mass is 442 g/mol. The number of aliphatic hydroxyl groups is 2. The Morgan fingerprint density at radius 3 is 2.55 bits per heavy atom. The lowest BCUT2D eigenvalue weighted by Crippen LogP contribution is -2.45. The smallest absolute Gasteiger partial charge is 0.253 e. The molecule has 1 aromatic heterocycles. The first-order valence-electron chi connectivity index (χ1n) is 11.4. The van der Waals surface area contributed by atoms with Crippen molar-refractivity contribution in [1.29, 1.82) is 0 Å². The second kappa shape index (κ2) is 9.68. The van der Waals surface area contributed by atoms with E-state index in [9.17, 15) is 15.0 Å². The van der Waals surface area contributed by atoms with Gasteiger partial charge in [0.1, 0.15) is 0 Å². The Kier molecular flexibility index (Phi) is 6.95. The first-order chi connectivity index (χ1) is 14.9. The van der Waals surface area contributed by atoms with E-state index in [1.807, 2.05) is 30.3 Å². The highest BCUT2D eigenvalue weighted by molar-refractivity contribution is 6.30. The van der Waals surface area contributed by atoms with Crippen LogP contribution in [-0.4, -0.2) is 38.9 Å². The number of nitrogens with zero attached hydrogens (tertiary/aromatic N) is 1. The topological polar surface area (TPSA) is 82.5 Å². The van der Waals surface area contributed by atoms with Gasteiger partial charge in [-0.05, 0) is 62.3 Å². The van der Waals surface area contributed by atoms with Gasteiger partial charge in [-0.25, -0.2) is 0 Å². The fourth-order valence-electron chi connectivity index (χ4n) is 4.86. The highest BCUT2D eigenvalue weighted by Gasteiger charge is 2.31. The van der Waals surface area contributed by atoms with Gasteiger partial charge in [0.05, 0.1) is 23.3 Å². The lowest BCUT2D eigenvalue weighted by Gasteiger charge is -2.28. The number of aryl methyl sites for hydroxylation is 1. The van der Waals surface area contributed by atoms with Crippen LogP contribution < -0.4 is 5.32 Å². The number of hydrogen-bond donors (Lipinski definition) is 3. The molecule has 1 aromatic carbocycles. The number of pyridine rings is 1. The molecule has 0 saturated heterocycles. The molecule has 2 atom stereocenters. The molecule has 1 heterocycles. The number of aromatic nitrogens is 1. The fourth-order valence-corrected chi connectivity index (χ4v) is 4.99. The molecule has 1 amide bonds. The van der Waals surface area contributed by atoms with E-state index >= 15 is 0 Å². The van der Waals surface area contributed by atoms with Gasteiger partial charge in [0.2, 0.25) is 0 Å². The summed E-state index contributed by atoms with van der Waals surface area (Å²) in [5.74, 6) is -0.213. The number of carbonyl (C=O) groups excluding carboxylic acids is 1. The lowest BCUT2D eigenvalue weighted by atomic mass is 9.91. The van der Waals surface area contributed by atoms with Gasteiger partial charge < -0.3 is 15.5 Å². The molecule has 166 valence electrons. The van der Waals surface area contributed by atoms with E-state index < -0.39 is 11.7 Å². The third-order valence-corrected chi connectivity index (χ3v) is 7.05.